The van der Waals surface area contributed by atoms with Crippen LogP contribution < -0.4 is 5.32 Å². The number of nitrogens with one attached hydrogen (secondary N) is 1. The third kappa shape index (κ3) is 2.58. The van der Waals surface area contributed by atoms with Crippen LogP contribution in [0, 0.1) is 6.92 Å². The number of anilines is 1. The number of aryl methyl sites for hydroxylation is 1. The van der Waals surface area contributed by atoms with Gasteiger partial charge in [0.2, 0.25) is 0 Å². The molecule has 16 heavy (non-hydrogen) atoms. The van der Waals surface area contributed by atoms with Crippen molar-refractivity contribution in [2.75, 3.05) is 11.9 Å². The van der Waals surface area contributed by atoms with Crippen molar-refractivity contribution >= 4 is 17.0 Å². The van der Waals surface area contributed by atoms with Crippen LogP contribution in [0.2, 0.25) is 0 Å². The Morgan fingerprint density at radius 3 is 3.00 bits per heavy atom. The third-order valence-corrected chi connectivity index (χ3v) is 3.50. The number of aromatic nitrogens is 2. The molecular formula is C12H15N3S. The number of hydrogen-bond donors (Lipinski definition) is 1. The molecule has 0 aliphatic carbocycles. The van der Waals surface area contributed by atoms with E-state index in [1.807, 2.05) is 30.0 Å². The number of thiazole rings is 1. The van der Waals surface area contributed by atoms with Gasteiger partial charge in [0.25, 0.3) is 0 Å². The Balaban J connectivity index is 1.95. The lowest BCUT2D eigenvalue weighted by atomic mass is 10.2. The van der Waals surface area contributed by atoms with Crippen molar-refractivity contribution in [3.05, 3.63) is 40.6 Å². The molecule has 0 fully saturated rings. The average Bonchev–Trinajstić information content (AvgIpc) is 2.81. The minimum atomic E-state index is 0.438. The van der Waals surface area contributed by atoms with Gasteiger partial charge in [-0.2, -0.15) is 0 Å². The van der Waals surface area contributed by atoms with Crippen LogP contribution in [0.1, 0.15) is 23.4 Å². The predicted octanol–water partition coefficient (Wildman–Crippen LogP) is 3.06. The fraction of sp³-hybridized carbons (Fsp3) is 0.333. The third-order valence-electron chi connectivity index (χ3n) is 2.49. The monoisotopic (exact) mass is 233 g/mol. The molecule has 4 heteroatoms. The molecule has 1 unspecified atom stereocenters. The molecular weight excluding hydrogens is 218 g/mol. The molecule has 0 spiro atoms. The lowest BCUT2D eigenvalue weighted by Crippen LogP contribution is -2.10. The molecule has 0 aromatic carbocycles. The molecule has 0 bridgehead atoms. The summed E-state index contributed by atoms with van der Waals surface area (Å²) >= 11 is 1.71. The van der Waals surface area contributed by atoms with E-state index < -0.39 is 0 Å². The summed E-state index contributed by atoms with van der Waals surface area (Å²) in [6.07, 6.45) is 5.54. The summed E-state index contributed by atoms with van der Waals surface area (Å²) in [7, 11) is 0. The number of rotatable bonds is 4. The second-order valence-corrected chi connectivity index (χ2v) is 4.77. The first-order valence-electron chi connectivity index (χ1n) is 5.31. The van der Waals surface area contributed by atoms with Crippen LogP contribution in [0.3, 0.4) is 0 Å². The van der Waals surface area contributed by atoms with E-state index in [-0.39, 0.29) is 0 Å². The Kier molecular flexibility index (Phi) is 3.51. The lowest BCUT2D eigenvalue weighted by molar-refractivity contribution is 0.794. The summed E-state index contributed by atoms with van der Waals surface area (Å²) in [5.41, 5.74) is 2.33. The first-order chi connectivity index (χ1) is 7.77. The SMILES string of the molecule is Cc1cnccc1NCC(C)c1nccs1. The number of nitrogens with zero attached hydrogens (tertiary/aromatic N) is 2. The van der Waals surface area contributed by atoms with Gasteiger partial charge in [-0.05, 0) is 18.6 Å². The minimum absolute atomic E-state index is 0.438. The highest BCUT2D eigenvalue weighted by Crippen LogP contribution is 2.19. The van der Waals surface area contributed by atoms with Gasteiger partial charge in [-0.25, -0.2) is 4.98 Å². The Morgan fingerprint density at radius 1 is 1.44 bits per heavy atom. The zero-order chi connectivity index (χ0) is 11.4. The number of hydrogen-bond acceptors (Lipinski definition) is 4. The van der Waals surface area contributed by atoms with Crippen molar-refractivity contribution in [2.45, 2.75) is 19.8 Å². The van der Waals surface area contributed by atoms with Crippen molar-refractivity contribution < 1.29 is 0 Å². The fourth-order valence-corrected chi connectivity index (χ4v) is 2.20. The molecule has 2 aromatic heterocycles. The Bertz CT molecular complexity index is 439. The second-order valence-electron chi connectivity index (χ2n) is 3.84. The molecule has 1 N–H and O–H groups in total. The van der Waals surface area contributed by atoms with E-state index in [0.717, 1.165) is 12.2 Å². The summed E-state index contributed by atoms with van der Waals surface area (Å²) in [5, 5.41) is 6.62. The molecule has 0 radical (unpaired) electrons. The van der Waals surface area contributed by atoms with Gasteiger partial charge >= 0.3 is 0 Å². The van der Waals surface area contributed by atoms with E-state index in [4.69, 9.17) is 0 Å². The van der Waals surface area contributed by atoms with Gasteiger partial charge in [0, 0.05) is 42.1 Å². The van der Waals surface area contributed by atoms with Gasteiger partial charge in [0.15, 0.2) is 0 Å². The largest absolute Gasteiger partial charge is 0.384 e. The first kappa shape index (κ1) is 11.1. The van der Waals surface area contributed by atoms with Crippen LogP contribution in [-0.4, -0.2) is 16.5 Å². The van der Waals surface area contributed by atoms with Crippen molar-refractivity contribution in [3.8, 4) is 0 Å². The summed E-state index contributed by atoms with van der Waals surface area (Å²) in [4.78, 5) is 8.39. The normalized spacial score (nSPS) is 12.4. The van der Waals surface area contributed by atoms with Crippen LogP contribution in [0.25, 0.3) is 0 Å². The van der Waals surface area contributed by atoms with Gasteiger partial charge in [-0.3, -0.25) is 4.98 Å². The maximum Gasteiger partial charge on any atom is 0.0970 e. The number of pyridine rings is 1. The van der Waals surface area contributed by atoms with Crippen molar-refractivity contribution in [1.82, 2.24) is 9.97 Å². The van der Waals surface area contributed by atoms with E-state index in [0.29, 0.717) is 5.92 Å². The maximum atomic E-state index is 4.32. The average molecular weight is 233 g/mol. The fourth-order valence-electron chi connectivity index (χ4n) is 1.50. The molecule has 1 atom stereocenters. The lowest BCUT2D eigenvalue weighted by Gasteiger charge is -2.12. The van der Waals surface area contributed by atoms with Gasteiger partial charge < -0.3 is 5.32 Å². The van der Waals surface area contributed by atoms with Crippen molar-refractivity contribution in [2.24, 2.45) is 0 Å². The second kappa shape index (κ2) is 5.07. The zero-order valence-corrected chi connectivity index (χ0v) is 10.3. The molecule has 0 aliphatic rings. The first-order valence-corrected chi connectivity index (χ1v) is 6.19. The highest BCUT2D eigenvalue weighted by atomic mass is 32.1. The van der Waals surface area contributed by atoms with Gasteiger partial charge in [-0.1, -0.05) is 6.92 Å². The highest BCUT2D eigenvalue weighted by Gasteiger charge is 2.08. The smallest absolute Gasteiger partial charge is 0.0970 e. The molecule has 2 aromatic rings. The summed E-state index contributed by atoms with van der Waals surface area (Å²) in [5.74, 6) is 0.438. The van der Waals surface area contributed by atoms with E-state index in [9.17, 15) is 0 Å². The Hall–Kier alpha value is -1.42. The van der Waals surface area contributed by atoms with Crippen LogP contribution in [0.5, 0.6) is 0 Å². The molecule has 2 heterocycles. The molecule has 0 saturated carbocycles. The Morgan fingerprint density at radius 2 is 2.31 bits per heavy atom. The van der Waals surface area contributed by atoms with Crippen molar-refractivity contribution in [3.63, 3.8) is 0 Å². The van der Waals surface area contributed by atoms with E-state index >= 15 is 0 Å². The molecule has 0 amide bonds. The van der Waals surface area contributed by atoms with Crippen LogP contribution in [0.4, 0.5) is 5.69 Å². The van der Waals surface area contributed by atoms with Crippen molar-refractivity contribution in [1.29, 1.82) is 0 Å². The standard InChI is InChI=1S/C12H15N3S/c1-9-7-13-4-3-11(9)15-8-10(2)12-14-5-6-16-12/h3-7,10H,8H2,1-2H3,(H,13,15). The molecule has 0 aliphatic heterocycles. The summed E-state index contributed by atoms with van der Waals surface area (Å²) < 4.78 is 0. The van der Waals surface area contributed by atoms with Crippen LogP contribution >= 0.6 is 11.3 Å². The molecule has 3 nitrogen and oxygen atoms in total. The minimum Gasteiger partial charge on any atom is -0.384 e. The molecule has 0 saturated heterocycles. The van der Waals surface area contributed by atoms with E-state index in [1.54, 1.807) is 11.3 Å². The predicted molar refractivity (Wildman–Crippen MR) is 68.0 cm³/mol. The zero-order valence-electron chi connectivity index (χ0n) is 9.47. The topological polar surface area (TPSA) is 37.8 Å². The van der Waals surface area contributed by atoms with Gasteiger partial charge in [0.1, 0.15) is 0 Å². The van der Waals surface area contributed by atoms with Crippen LogP contribution in [-0.2, 0) is 0 Å². The summed E-state index contributed by atoms with van der Waals surface area (Å²) in [6.45, 7) is 5.14. The Labute approximate surface area is 99.6 Å². The van der Waals surface area contributed by atoms with E-state index in [2.05, 4.69) is 29.1 Å². The van der Waals surface area contributed by atoms with Gasteiger partial charge in [0.05, 0.1) is 5.01 Å². The van der Waals surface area contributed by atoms with Crippen LogP contribution in [0.15, 0.2) is 30.0 Å². The van der Waals surface area contributed by atoms with Gasteiger partial charge in [-0.15, -0.1) is 11.3 Å². The highest BCUT2D eigenvalue weighted by molar-refractivity contribution is 7.09. The maximum absolute atomic E-state index is 4.32. The molecule has 84 valence electrons. The quantitative estimate of drug-likeness (QED) is 0.882. The van der Waals surface area contributed by atoms with E-state index in [1.165, 1.54) is 10.6 Å². The summed E-state index contributed by atoms with van der Waals surface area (Å²) in [6, 6.07) is 2.00. The molecule has 2 rings (SSSR count).